The third-order valence-electron chi connectivity index (χ3n) is 4.22. The SMILES string of the molecule is Cc1ccc(-c2nnc3sc(C4CCNCC4)nn3c2=O)cc1. The molecule has 0 atom stereocenters. The van der Waals surface area contributed by atoms with Crippen molar-refractivity contribution >= 4 is 16.3 Å². The van der Waals surface area contributed by atoms with E-state index in [1.54, 1.807) is 0 Å². The average Bonchev–Trinajstić information content (AvgIpc) is 3.02. The summed E-state index contributed by atoms with van der Waals surface area (Å²) < 4.78 is 1.41. The molecule has 0 spiro atoms. The van der Waals surface area contributed by atoms with Gasteiger partial charge in [-0.25, -0.2) is 0 Å². The molecule has 0 unspecified atom stereocenters. The molecule has 1 N–H and O–H groups in total. The highest BCUT2D eigenvalue weighted by Gasteiger charge is 2.21. The van der Waals surface area contributed by atoms with E-state index in [9.17, 15) is 4.79 Å². The summed E-state index contributed by atoms with van der Waals surface area (Å²) in [5, 5.41) is 17.2. The number of nitrogens with one attached hydrogen (secondary N) is 1. The molecule has 118 valence electrons. The van der Waals surface area contributed by atoms with Gasteiger partial charge in [0.05, 0.1) is 0 Å². The van der Waals surface area contributed by atoms with Crippen molar-refractivity contribution in [2.24, 2.45) is 0 Å². The minimum Gasteiger partial charge on any atom is -0.317 e. The van der Waals surface area contributed by atoms with Gasteiger partial charge in [0, 0.05) is 11.5 Å². The zero-order valence-corrected chi connectivity index (χ0v) is 13.6. The van der Waals surface area contributed by atoms with E-state index in [-0.39, 0.29) is 5.56 Å². The Morgan fingerprint density at radius 3 is 2.65 bits per heavy atom. The van der Waals surface area contributed by atoms with Crippen molar-refractivity contribution in [3.05, 3.63) is 45.2 Å². The van der Waals surface area contributed by atoms with Crippen molar-refractivity contribution in [3.63, 3.8) is 0 Å². The summed E-state index contributed by atoms with van der Waals surface area (Å²) in [4.78, 5) is 13.3. The zero-order valence-electron chi connectivity index (χ0n) is 12.8. The fraction of sp³-hybridized carbons (Fsp3) is 0.375. The predicted octanol–water partition coefficient (Wildman–Crippen LogP) is 1.99. The smallest absolute Gasteiger partial charge is 0.302 e. The van der Waals surface area contributed by atoms with Gasteiger partial charge in [0.2, 0.25) is 4.96 Å². The van der Waals surface area contributed by atoms with Crippen LogP contribution in [-0.4, -0.2) is 32.9 Å². The van der Waals surface area contributed by atoms with Crippen LogP contribution in [-0.2, 0) is 0 Å². The lowest BCUT2D eigenvalue weighted by Crippen LogP contribution is -2.27. The molecule has 3 aromatic rings. The van der Waals surface area contributed by atoms with Gasteiger partial charge in [-0.2, -0.15) is 9.61 Å². The molecule has 6 nitrogen and oxygen atoms in total. The van der Waals surface area contributed by atoms with Crippen molar-refractivity contribution < 1.29 is 0 Å². The maximum Gasteiger partial charge on any atom is 0.302 e. The van der Waals surface area contributed by atoms with Gasteiger partial charge in [-0.15, -0.1) is 10.2 Å². The maximum absolute atomic E-state index is 12.7. The number of aromatic nitrogens is 4. The molecule has 1 aromatic carbocycles. The highest BCUT2D eigenvalue weighted by Crippen LogP contribution is 2.28. The van der Waals surface area contributed by atoms with E-state index in [1.807, 2.05) is 31.2 Å². The summed E-state index contributed by atoms with van der Waals surface area (Å²) in [5.41, 5.74) is 2.07. The highest BCUT2D eigenvalue weighted by molar-refractivity contribution is 7.16. The molecule has 1 aliphatic heterocycles. The van der Waals surface area contributed by atoms with E-state index in [4.69, 9.17) is 0 Å². The number of piperidine rings is 1. The normalized spacial score (nSPS) is 16.0. The molecule has 3 heterocycles. The Labute approximate surface area is 137 Å². The Bertz CT molecular complexity index is 893. The molecule has 2 aromatic heterocycles. The second-order valence-corrected chi connectivity index (χ2v) is 6.87. The van der Waals surface area contributed by atoms with Gasteiger partial charge >= 0.3 is 5.56 Å². The van der Waals surface area contributed by atoms with Crippen molar-refractivity contribution in [2.75, 3.05) is 13.1 Å². The summed E-state index contributed by atoms with van der Waals surface area (Å²) in [5.74, 6) is 0.408. The summed E-state index contributed by atoms with van der Waals surface area (Å²) in [6.45, 7) is 4.00. The molecular weight excluding hydrogens is 310 g/mol. The first-order chi connectivity index (χ1) is 11.2. The Morgan fingerprint density at radius 1 is 1.17 bits per heavy atom. The molecule has 1 saturated heterocycles. The third-order valence-corrected chi connectivity index (χ3v) is 5.28. The van der Waals surface area contributed by atoms with Crippen LogP contribution in [0.1, 0.15) is 29.3 Å². The molecule has 1 aliphatic rings. The van der Waals surface area contributed by atoms with Gasteiger partial charge < -0.3 is 5.32 Å². The van der Waals surface area contributed by atoms with Gasteiger partial charge in [-0.05, 0) is 32.9 Å². The molecule has 0 aliphatic carbocycles. The van der Waals surface area contributed by atoms with Crippen LogP contribution in [0.3, 0.4) is 0 Å². The van der Waals surface area contributed by atoms with Crippen molar-refractivity contribution in [3.8, 4) is 11.3 Å². The van der Waals surface area contributed by atoms with Crippen LogP contribution in [0.2, 0.25) is 0 Å². The van der Waals surface area contributed by atoms with Gasteiger partial charge in [-0.3, -0.25) is 4.79 Å². The first-order valence-corrected chi connectivity index (χ1v) is 8.58. The van der Waals surface area contributed by atoms with Gasteiger partial charge in [-0.1, -0.05) is 41.2 Å². The maximum atomic E-state index is 12.7. The third kappa shape index (κ3) is 2.66. The van der Waals surface area contributed by atoms with E-state index < -0.39 is 0 Å². The molecule has 7 heteroatoms. The minimum atomic E-state index is -0.199. The number of hydrogen-bond acceptors (Lipinski definition) is 6. The number of benzene rings is 1. The molecule has 0 radical (unpaired) electrons. The van der Waals surface area contributed by atoms with Crippen LogP contribution in [0, 0.1) is 6.92 Å². The fourth-order valence-electron chi connectivity index (χ4n) is 2.86. The topological polar surface area (TPSA) is 72.2 Å². The van der Waals surface area contributed by atoms with Crippen molar-refractivity contribution in [2.45, 2.75) is 25.7 Å². The lowest BCUT2D eigenvalue weighted by Gasteiger charge is -2.19. The van der Waals surface area contributed by atoms with Crippen LogP contribution in [0.15, 0.2) is 29.1 Å². The highest BCUT2D eigenvalue weighted by atomic mass is 32.1. The lowest BCUT2D eigenvalue weighted by atomic mass is 9.99. The largest absolute Gasteiger partial charge is 0.317 e. The summed E-state index contributed by atoms with van der Waals surface area (Å²) >= 11 is 1.47. The molecule has 1 fully saturated rings. The standard InChI is InChI=1S/C16H17N5OS/c1-10-2-4-11(5-3-10)13-15(22)21-16(19-18-13)23-14(20-21)12-6-8-17-9-7-12/h2-5,12,17H,6-9H2,1H3. The number of fused-ring (bicyclic) bond motifs is 1. The van der Waals surface area contributed by atoms with E-state index in [1.165, 1.54) is 15.9 Å². The fourth-order valence-corrected chi connectivity index (χ4v) is 3.86. The van der Waals surface area contributed by atoms with Crippen molar-refractivity contribution in [1.82, 2.24) is 25.1 Å². The van der Waals surface area contributed by atoms with Crippen LogP contribution in [0.25, 0.3) is 16.2 Å². The Morgan fingerprint density at radius 2 is 1.91 bits per heavy atom. The Kier molecular flexibility index (Phi) is 3.66. The van der Waals surface area contributed by atoms with E-state index in [0.717, 1.165) is 42.1 Å². The van der Waals surface area contributed by atoms with Gasteiger partial charge in [0.15, 0.2) is 5.69 Å². The molecule has 23 heavy (non-hydrogen) atoms. The first-order valence-electron chi connectivity index (χ1n) is 7.76. The summed E-state index contributed by atoms with van der Waals surface area (Å²) in [6.07, 6.45) is 2.10. The van der Waals surface area contributed by atoms with Crippen LogP contribution in [0.4, 0.5) is 0 Å². The monoisotopic (exact) mass is 327 g/mol. The predicted molar refractivity (Wildman–Crippen MR) is 89.9 cm³/mol. The van der Waals surface area contributed by atoms with Crippen LogP contribution >= 0.6 is 11.3 Å². The number of aryl methyl sites for hydroxylation is 1. The number of rotatable bonds is 2. The van der Waals surface area contributed by atoms with Gasteiger partial charge in [0.1, 0.15) is 5.01 Å². The van der Waals surface area contributed by atoms with Gasteiger partial charge in [0.25, 0.3) is 0 Å². The summed E-state index contributed by atoms with van der Waals surface area (Å²) in [7, 11) is 0. The van der Waals surface area contributed by atoms with E-state index >= 15 is 0 Å². The van der Waals surface area contributed by atoms with E-state index in [0.29, 0.717) is 16.6 Å². The quantitative estimate of drug-likeness (QED) is 0.779. The van der Waals surface area contributed by atoms with E-state index in [2.05, 4.69) is 20.6 Å². The molecule has 0 amide bonds. The lowest BCUT2D eigenvalue weighted by molar-refractivity contribution is 0.456. The summed E-state index contributed by atoms with van der Waals surface area (Å²) in [6, 6.07) is 7.72. The zero-order chi connectivity index (χ0) is 15.8. The second kappa shape index (κ2) is 5.82. The number of hydrogen-bond donors (Lipinski definition) is 1. The van der Waals surface area contributed by atoms with Crippen LogP contribution < -0.4 is 10.9 Å². The minimum absolute atomic E-state index is 0.199. The Balaban J connectivity index is 1.78. The molecular formula is C16H17N5OS. The Hall–Kier alpha value is -2.12. The average molecular weight is 327 g/mol. The van der Waals surface area contributed by atoms with Crippen LogP contribution in [0.5, 0.6) is 0 Å². The molecule has 0 bridgehead atoms. The molecule has 0 saturated carbocycles. The first kappa shape index (κ1) is 14.5. The van der Waals surface area contributed by atoms with Crippen molar-refractivity contribution in [1.29, 1.82) is 0 Å². The number of nitrogens with zero attached hydrogens (tertiary/aromatic N) is 4. The molecule has 4 rings (SSSR count). The second-order valence-electron chi connectivity index (χ2n) is 5.88.